The first-order valence-corrected chi connectivity index (χ1v) is 9.84. The molecule has 2 rings (SSSR count). The van der Waals surface area contributed by atoms with Gasteiger partial charge in [-0.1, -0.05) is 6.92 Å². The summed E-state index contributed by atoms with van der Waals surface area (Å²) in [6.07, 6.45) is 1.21. The maximum atomic E-state index is 12.3. The van der Waals surface area contributed by atoms with Crippen LogP contribution in [0.3, 0.4) is 0 Å². The largest absolute Gasteiger partial charge is 0.493 e. The van der Waals surface area contributed by atoms with Crippen LogP contribution in [0.25, 0.3) is 0 Å². The lowest BCUT2D eigenvalue weighted by atomic mass is 9.99. The van der Waals surface area contributed by atoms with E-state index >= 15 is 0 Å². The maximum Gasteiger partial charge on any atom is 0.269 e. The molecular weight excluding hydrogens is 400 g/mol. The zero-order valence-electron chi connectivity index (χ0n) is 18.0. The number of amides is 2. The normalized spacial score (nSPS) is 10.2. The number of carbonyl (C=O) groups is 2. The van der Waals surface area contributed by atoms with Crippen molar-refractivity contribution in [1.29, 1.82) is 5.26 Å². The number of rotatable bonds is 8. The van der Waals surface area contributed by atoms with Gasteiger partial charge < -0.3 is 14.5 Å². The fourth-order valence-corrected chi connectivity index (χ4v) is 3.06. The van der Waals surface area contributed by atoms with Crippen LogP contribution >= 0.6 is 0 Å². The van der Waals surface area contributed by atoms with Gasteiger partial charge in [-0.15, -0.1) is 0 Å². The highest BCUT2D eigenvalue weighted by Crippen LogP contribution is 2.28. The topological polar surface area (TPSA) is 133 Å². The van der Waals surface area contributed by atoms with E-state index in [9.17, 15) is 14.4 Å². The number of hydrogen-bond acceptors (Lipinski definition) is 6. The van der Waals surface area contributed by atoms with E-state index in [0.29, 0.717) is 41.3 Å². The molecule has 0 fully saturated rings. The van der Waals surface area contributed by atoms with Crippen molar-refractivity contribution in [3.8, 4) is 17.6 Å². The molecule has 0 saturated carbocycles. The number of ether oxygens (including phenoxy) is 2. The standard InChI is InChI=1S/C22H26N4O5/c1-5-10-31-18-8-6-15(11-19(18)30-4)21(28)26-25-20(27)9-7-16-13(2)17(12-23)22(29)24-14(16)3/h6,8,11H,5,7,9-10H2,1-4H3,(H,24,29)(H,25,27)(H,26,28). The number of H-pyrrole nitrogens is 1. The molecule has 2 amide bonds. The Kier molecular flexibility index (Phi) is 8.20. The fourth-order valence-electron chi connectivity index (χ4n) is 3.06. The van der Waals surface area contributed by atoms with Crippen LogP contribution in [-0.4, -0.2) is 30.5 Å². The lowest BCUT2D eigenvalue weighted by molar-refractivity contribution is -0.121. The maximum absolute atomic E-state index is 12.3. The van der Waals surface area contributed by atoms with Gasteiger partial charge in [0, 0.05) is 17.7 Å². The lowest BCUT2D eigenvalue weighted by Crippen LogP contribution is -2.41. The van der Waals surface area contributed by atoms with E-state index in [1.807, 2.05) is 13.0 Å². The number of aromatic amines is 1. The molecule has 0 unspecified atom stereocenters. The summed E-state index contributed by atoms with van der Waals surface area (Å²) < 4.78 is 10.8. The van der Waals surface area contributed by atoms with Crippen molar-refractivity contribution in [3.63, 3.8) is 0 Å². The van der Waals surface area contributed by atoms with Crippen molar-refractivity contribution >= 4 is 11.8 Å². The molecule has 0 aliphatic rings. The van der Waals surface area contributed by atoms with E-state index in [2.05, 4.69) is 15.8 Å². The summed E-state index contributed by atoms with van der Waals surface area (Å²) in [6.45, 7) is 5.91. The Morgan fingerprint density at radius 1 is 1.19 bits per heavy atom. The van der Waals surface area contributed by atoms with Gasteiger partial charge in [-0.2, -0.15) is 5.26 Å². The number of nitrogens with one attached hydrogen (secondary N) is 3. The van der Waals surface area contributed by atoms with Crippen LogP contribution in [0.2, 0.25) is 0 Å². The van der Waals surface area contributed by atoms with E-state index in [1.165, 1.54) is 13.2 Å². The molecule has 0 aliphatic heterocycles. The molecule has 0 aliphatic carbocycles. The third-order valence-electron chi connectivity index (χ3n) is 4.73. The Morgan fingerprint density at radius 3 is 2.58 bits per heavy atom. The monoisotopic (exact) mass is 426 g/mol. The number of nitriles is 1. The third-order valence-corrected chi connectivity index (χ3v) is 4.73. The van der Waals surface area contributed by atoms with Crippen LogP contribution in [0.5, 0.6) is 11.5 Å². The highest BCUT2D eigenvalue weighted by atomic mass is 16.5. The zero-order valence-corrected chi connectivity index (χ0v) is 18.0. The third kappa shape index (κ3) is 5.85. The molecule has 0 radical (unpaired) electrons. The van der Waals surface area contributed by atoms with Crippen molar-refractivity contribution < 1.29 is 19.1 Å². The van der Waals surface area contributed by atoms with Crippen LogP contribution < -0.4 is 25.9 Å². The fraction of sp³-hybridized carbons (Fsp3) is 0.364. The summed E-state index contributed by atoms with van der Waals surface area (Å²) in [5.74, 6) is 0.0432. The number of hydrogen-bond donors (Lipinski definition) is 3. The van der Waals surface area contributed by atoms with Gasteiger partial charge in [-0.3, -0.25) is 25.2 Å². The highest BCUT2D eigenvalue weighted by molar-refractivity contribution is 5.96. The Balaban J connectivity index is 1.97. The minimum Gasteiger partial charge on any atom is -0.493 e. The van der Waals surface area contributed by atoms with E-state index in [4.69, 9.17) is 14.7 Å². The minimum absolute atomic E-state index is 0.0367. The van der Waals surface area contributed by atoms with E-state index in [-0.39, 0.29) is 12.0 Å². The predicted octanol–water partition coefficient (Wildman–Crippen LogP) is 2.05. The molecule has 164 valence electrons. The molecule has 0 bridgehead atoms. The van der Waals surface area contributed by atoms with Gasteiger partial charge in [0.05, 0.1) is 13.7 Å². The molecular formula is C22H26N4O5. The van der Waals surface area contributed by atoms with Crippen molar-refractivity contribution in [2.75, 3.05) is 13.7 Å². The summed E-state index contributed by atoms with van der Waals surface area (Å²) in [5.41, 5.74) is 6.51. The van der Waals surface area contributed by atoms with Crippen molar-refractivity contribution in [2.24, 2.45) is 0 Å². The van der Waals surface area contributed by atoms with Crippen molar-refractivity contribution in [3.05, 3.63) is 56.5 Å². The molecule has 31 heavy (non-hydrogen) atoms. The highest BCUT2D eigenvalue weighted by Gasteiger charge is 2.15. The lowest BCUT2D eigenvalue weighted by Gasteiger charge is -2.13. The number of methoxy groups -OCH3 is 1. The van der Waals surface area contributed by atoms with Crippen LogP contribution in [0.4, 0.5) is 0 Å². The summed E-state index contributed by atoms with van der Waals surface area (Å²) in [5, 5.41) is 9.13. The van der Waals surface area contributed by atoms with Gasteiger partial charge in [-0.25, -0.2) is 0 Å². The summed E-state index contributed by atoms with van der Waals surface area (Å²) in [6, 6.07) is 6.63. The molecule has 0 spiro atoms. The van der Waals surface area contributed by atoms with Gasteiger partial charge in [0.15, 0.2) is 11.5 Å². The zero-order chi connectivity index (χ0) is 23.0. The van der Waals surface area contributed by atoms with Crippen LogP contribution in [0, 0.1) is 25.2 Å². The molecule has 2 aromatic rings. The van der Waals surface area contributed by atoms with Crippen molar-refractivity contribution in [1.82, 2.24) is 15.8 Å². The number of nitrogens with zero attached hydrogens (tertiary/aromatic N) is 1. The summed E-state index contributed by atoms with van der Waals surface area (Å²) in [4.78, 5) is 38.9. The predicted molar refractivity (Wildman–Crippen MR) is 114 cm³/mol. The Labute approximate surface area is 180 Å². The van der Waals surface area contributed by atoms with Gasteiger partial charge in [-0.05, 0) is 56.0 Å². The first-order chi connectivity index (χ1) is 14.8. The van der Waals surface area contributed by atoms with Crippen molar-refractivity contribution in [2.45, 2.75) is 40.0 Å². The summed E-state index contributed by atoms with van der Waals surface area (Å²) in [7, 11) is 1.48. The average Bonchev–Trinajstić information content (AvgIpc) is 2.75. The molecule has 1 aromatic carbocycles. The Morgan fingerprint density at radius 2 is 1.94 bits per heavy atom. The van der Waals surface area contributed by atoms with E-state index in [0.717, 1.165) is 12.0 Å². The summed E-state index contributed by atoms with van der Waals surface area (Å²) >= 11 is 0. The van der Waals surface area contributed by atoms with Gasteiger partial charge >= 0.3 is 0 Å². The smallest absolute Gasteiger partial charge is 0.269 e. The molecule has 9 nitrogen and oxygen atoms in total. The molecule has 9 heteroatoms. The number of hydrazine groups is 1. The van der Waals surface area contributed by atoms with Gasteiger partial charge in [0.1, 0.15) is 11.6 Å². The van der Waals surface area contributed by atoms with Gasteiger partial charge in [0.25, 0.3) is 11.5 Å². The molecule has 1 heterocycles. The number of aryl methyl sites for hydroxylation is 1. The van der Waals surface area contributed by atoms with Crippen LogP contribution in [0.15, 0.2) is 23.0 Å². The van der Waals surface area contributed by atoms with Crippen LogP contribution in [0.1, 0.15) is 52.5 Å². The second-order valence-corrected chi connectivity index (χ2v) is 6.89. The molecule has 1 aromatic heterocycles. The number of carbonyl (C=O) groups excluding carboxylic acids is 2. The SMILES string of the molecule is CCCOc1ccc(C(=O)NNC(=O)CCc2c(C)[nH]c(=O)c(C#N)c2C)cc1OC. The van der Waals surface area contributed by atoms with Crippen LogP contribution in [-0.2, 0) is 11.2 Å². The Hall–Kier alpha value is -3.80. The minimum atomic E-state index is -0.503. The first-order valence-electron chi connectivity index (χ1n) is 9.84. The molecule has 0 saturated heterocycles. The molecule has 3 N–H and O–H groups in total. The average molecular weight is 426 g/mol. The van der Waals surface area contributed by atoms with E-state index < -0.39 is 17.4 Å². The van der Waals surface area contributed by atoms with E-state index in [1.54, 1.807) is 26.0 Å². The first kappa shape index (κ1) is 23.5. The Bertz CT molecular complexity index is 1070. The quantitative estimate of drug-likeness (QED) is 0.553. The second-order valence-electron chi connectivity index (χ2n) is 6.89. The number of aromatic nitrogens is 1. The number of pyridine rings is 1. The molecule has 0 atom stereocenters. The second kappa shape index (κ2) is 10.8. The van der Waals surface area contributed by atoms with Gasteiger partial charge in [0.2, 0.25) is 5.91 Å². The number of benzene rings is 1.